The summed E-state index contributed by atoms with van der Waals surface area (Å²) in [5.74, 6) is 1.53. The van der Waals surface area contributed by atoms with E-state index in [1.807, 2.05) is 19.1 Å². The van der Waals surface area contributed by atoms with Gasteiger partial charge in [-0.1, -0.05) is 11.8 Å². The number of nitrogens with zero attached hydrogens (tertiary/aromatic N) is 3. The van der Waals surface area contributed by atoms with Gasteiger partial charge in [0.2, 0.25) is 0 Å². The minimum absolute atomic E-state index is 0.472. The molecule has 0 aliphatic heterocycles. The van der Waals surface area contributed by atoms with Gasteiger partial charge in [-0.3, -0.25) is 5.43 Å². The molecule has 0 saturated heterocycles. The monoisotopic (exact) mass is 361 g/mol. The Hall–Kier alpha value is -2.19. The number of nitrogens with one attached hydrogen (secondary N) is 2. The molecule has 8 heteroatoms. The average molecular weight is 361 g/mol. The fraction of sp³-hybridized carbons (Fsp3) is 0.250. The Bertz CT molecular complexity index is 722. The molecular formula is C16H19N5OS2. The number of thiocarbonyl (C=S) groups is 1. The number of hydrogen-bond donors (Lipinski definition) is 2. The second kappa shape index (κ2) is 9.19. The first-order valence-corrected chi connectivity index (χ1v) is 8.62. The highest BCUT2D eigenvalue weighted by Crippen LogP contribution is 2.27. The molecule has 0 radical (unpaired) electrons. The number of methoxy groups -OCH3 is 1. The fourth-order valence-corrected chi connectivity index (χ4v) is 2.70. The van der Waals surface area contributed by atoms with E-state index < -0.39 is 0 Å². The van der Waals surface area contributed by atoms with Crippen LogP contribution >= 0.6 is 24.0 Å². The second-order valence-corrected chi connectivity index (χ2v) is 6.09. The van der Waals surface area contributed by atoms with E-state index in [1.165, 1.54) is 0 Å². The Morgan fingerprint density at radius 2 is 2.08 bits per heavy atom. The molecule has 1 aromatic heterocycles. The highest BCUT2D eigenvalue weighted by molar-refractivity contribution is 7.98. The third-order valence-corrected chi connectivity index (χ3v) is 4.37. The van der Waals surface area contributed by atoms with Crippen molar-refractivity contribution in [2.75, 3.05) is 14.2 Å². The largest absolute Gasteiger partial charge is 0.496 e. The van der Waals surface area contributed by atoms with Crippen molar-refractivity contribution in [2.24, 2.45) is 5.10 Å². The Kier molecular flexibility index (Phi) is 6.95. The summed E-state index contributed by atoms with van der Waals surface area (Å²) in [5.41, 5.74) is 5.67. The van der Waals surface area contributed by atoms with E-state index in [9.17, 15) is 0 Å². The van der Waals surface area contributed by atoms with Crippen LogP contribution in [0.25, 0.3) is 0 Å². The molecule has 0 amide bonds. The number of benzene rings is 1. The van der Waals surface area contributed by atoms with Crippen molar-refractivity contribution in [1.82, 2.24) is 20.7 Å². The van der Waals surface area contributed by atoms with Gasteiger partial charge in [-0.15, -0.1) is 0 Å². The molecule has 6 nitrogen and oxygen atoms in total. The van der Waals surface area contributed by atoms with Crippen LogP contribution in [0.2, 0.25) is 0 Å². The number of aromatic nitrogens is 2. The number of rotatable bonds is 6. The van der Waals surface area contributed by atoms with E-state index in [-0.39, 0.29) is 0 Å². The molecule has 2 N–H and O–H groups in total. The molecule has 1 aromatic carbocycles. The van der Waals surface area contributed by atoms with Crippen LogP contribution in [0.1, 0.15) is 18.1 Å². The summed E-state index contributed by atoms with van der Waals surface area (Å²) >= 11 is 6.58. The maximum Gasteiger partial charge on any atom is 0.187 e. The summed E-state index contributed by atoms with van der Waals surface area (Å²) in [6.45, 7) is 1.92. The summed E-state index contributed by atoms with van der Waals surface area (Å²) in [5, 5.41) is 8.29. The lowest BCUT2D eigenvalue weighted by atomic mass is 10.1. The van der Waals surface area contributed by atoms with E-state index in [0.717, 1.165) is 27.7 Å². The summed E-state index contributed by atoms with van der Waals surface area (Å²) in [6, 6.07) is 7.76. The number of hydrazone groups is 1. The van der Waals surface area contributed by atoms with Crippen molar-refractivity contribution in [3.63, 3.8) is 0 Å². The summed E-state index contributed by atoms with van der Waals surface area (Å²) in [7, 11) is 3.41. The zero-order chi connectivity index (χ0) is 17.4. The van der Waals surface area contributed by atoms with Crippen LogP contribution in [0.4, 0.5) is 0 Å². The molecule has 0 aliphatic carbocycles. The van der Waals surface area contributed by atoms with Crippen LogP contribution in [-0.4, -0.2) is 34.9 Å². The van der Waals surface area contributed by atoms with Gasteiger partial charge in [-0.2, -0.15) is 5.10 Å². The molecule has 2 rings (SSSR count). The molecule has 0 unspecified atom stereocenters. The molecule has 24 heavy (non-hydrogen) atoms. The standard InChI is InChI=1S/C16H19N5OS2/c1-11(20-21-15(23)17-2)12-5-6-14(22-3)13(9-12)10-24-16-18-7-4-8-19-16/h4-9H,10H2,1-3H3,(H2,17,21,23)/b20-11-. The van der Waals surface area contributed by atoms with E-state index in [1.54, 1.807) is 44.4 Å². The van der Waals surface area contributed by atoms with Gasteiger partial charge in [0.1, 0.15) is 5.75 Å². The van der Waals surface area contributed by atoms with Crippen molar-refractivity contribution >= 4 is 34.8 Å². The normalized spacial score (nSPS) is 11.0. The van der Waals surface area contributed by atoms with Crippen molar-refractivity contribution in [2.45, 2.75) is 17.8 Å². The van der Waals surface area contributed by atoms with Gasteiger partial charge in [0.15, 0.2) is 10.3 Å². The highest BCUT2D eigenvalue weighted by Gasteiger charge is 2.08. The SMILES string of the molecule is CNC(=S)N/N=C(/C)c1ccc(OC)c(CSc2ncccn2)c1. The Morgan fingerprint density at radius 1 is 1.33 bits per heavy atom. The first kappa shape index (κ1) is 18.2. The first-order chi connectivity index (χ1) is 11.6. The Morgan fingerprint density at radius 3 is 2.75 bits per heavy atom. The number of hydrogen-bond acceptors (Lipinski definition) is 6. The van der Waals surface area contributed by atoms with Crippen molar-refractivity contribution in [1.29, 1.82) is 0 Å². The van der Waals surface area contributed by atoms with Crippen LogP contribution in [-0.2, 0) is 5.75 Å². The zero-order valence-corrected chi connectivity index (χ0v) is 15.4. The molecule has 1 heterocycles. The van der Waals surface area contributed by atoms with E-state index in [2.05, 4.69) is 31.9 Å². The lowest BCUT2D eigenvalue weighted by Gasteiger charge is -2.11. The highest BCUT2D eigenvalue weighted by atomic mass is 32.2. The summed E-state index contributed by atoms with van der Waals surface area (Å²) in [6.07, 6.45) is 3.46. The Labute approximate surface area is 151 Å². The molecule has 126 valence electrons. The molecule has 0 bridgehead atoms. The number of ether oxygens (including phenoxy) is 1. The zero-order valence-electron chi connectivity index (χ0n) is 13.7. The topological polar surface area (TPSA) is 71.4 Å². The molecule has 0 atom stereocenters. The molecular weight excluding hydrogens is 342 g/mol. The maximum atomic E-state index is 5.44. The fourth-order valence-electron chi connectivity index (χ4n) is 1.87. The third kappa shape index (κ3) is 5.17. The second-order valence-electron chi connectivity index (χ2n) is 4.73. The minimum Gasteiger partial charge on any atom is -0.496 e. The van der Waals surface area contributed by atoms with Crippen molar-refractivity contribution < 1.29 is 4.74 Å². The third-order valence-electron chi connectivity index (χ3n) is 3.15. The van der Waals surface area contributed by atoms with Crippen molar-refractivity contribution in [3.05, 3.63) is 47.8 Å². The molecule has 0 aliphatic rings. The Balaban J connectivity index is 2.16. The summed E-state index contributed by atoms with van der Waals surface area (Å²) in [4.78, 5) is 8.44. The minimum atomic E-state index is 0.472. The molecule has 0 fully saturated rings. The summed E-state index contributed by atoms with van der Waals surface area (Å²) < 4.78 is 5.44. The average Bonchev–Trinajstić information content (AvgIpc) is 2.64. The van der Waals surface area contributed by atoms with Crippen LogP contribution in [0, 0.1) is 0 Å². The van der Waals surface area contributed by atoms with Gasteiger partial charge in [-0.05, 0) is 49.0 Å². The predicted molar refractivity (Wildman–Crippen MR) is 102 cm³/mol. The van der Waals surface area contributed by atoms with Gasteiger partial charge in [-0.25, -0.2) is 9.97 Å². The van der Waals surface area contributed by atoms with Crippen LogP contribution in [0.3, 0.4) is 0 Å². The van der Waals surface area contributed by atoms with Gasteiger partial charge in [0.25, 0.3) is 0 Å². The van der Waals surface area contributed by atoms with E-state index >= 15 is 0 Å². The molecule has 0 spiro atoms. The quantitative estimate of drug-likeness (QED) is 0.269. The van der Waals surface area contributed by atoms with Gasteiger partial charge < -0.3 is 10.1 Å². The maximum absolute atomic E-state index is 5.44. The lowest BCUT2D eigenvalue weighted by molar-refractivity contribution is 0.411. The van der Waals surface area contributed by atoms with Crippen LogP contribution in [0.15, 0.2) is 46.9 Å². The van der Waals surface area contributed by atoms with Crippen LogP contribution in [0.5, 0.6) is 5.75 Å². The van der Waals surface area contributed by atoms with Gasteiger partial charge in [0, 0.05) is 30.8 Å². The van der Waals surface area contributed by atoms with E-state index in [4.69, 9.17) is 17.0 Å². The molecule has 0 saturated carbocycles. The molecule has 2 aromatic rings. The van der Waals surface area contributed by atoms with E-state index in [0.29, 0.717) is 10.9 Å². The van der Waals surface area contributed by atoms with Gasteiger partial charge >= 0.3 is 0 Å². The number of thioether (sulfide) groups is 1. The first-order valence-electron chi connectivity index (χ1n) is 7.23. The van der Waals surface area contributed by atoms with Crippen LogP contribution < -0.4 is 15.5 Å². The predicted octanol–water partition coefficient (Wildman–Crippen LogP) is 2.60. The smallest absolute Gasteiger partial charge is 0.187 e. The van der Waals surface area contributed by atoms with Crippen molar-refractivity contribution in [3.8, 4) is 5.75 Å². The van der Waals surface area contributed by atoms with Gasteiger partial charge in [0.05, 0.1) is 12.8 Å². The lowest BCUT2D eigenvalue weighted by Crippen LogP contribution is -2.29.